The van der Waals surface area contributed by atoms with Crippen molar-refractivity contribution in [2.45, 2.75) is 46.6 Å². The van der Waals surface area contributed by atoms with Crippen molar-refractivity contribution in [3.63, 3.8) is 0 Å². The number of hydrogen-bond acceptors (Lipinski definition) is 6. The number of aryl methyl sites for hydroxylation is 3. The van der Waals surface area contributed by atoms with Gasteiger partial charge in [0, 0.05) is 16.8 Å². The predicted octanol–water partition coefficient (Wildman–Crippen LogP) is 1.65. The van der Waals surface area contributed by atoms with E-state index in [-0.39, 0.29) is 18.4 Å². The topological polar surface area (TPSA) is 113 Å². The second-order valence-electron chi connectivity index (χ2n) is 6.65. The first-order valence-corrected chi connectivity index (χ1v) is 8.69. The van der Waals surface area contributed by atoms with E-state index in [9.17, 15) is 19.5 Å². The van der Waals surface area contributed by atoms with Crippen LogP contribution in [0.2, 0.25) is 0 Å². The third-order valence-electron chi connectivity index (χ3n) is 4.95. The molecule has 2 heterocycles. The van der Waals surface area contributed by atoms with Crippen LogP contribution in [0.1, 0.15) is 35.8 Å². The van der Waals surface area contributed by atoms with Crippen LogP contribution in [0.5, 0.6) is 0 Å². The maximum absolute atomic E-state index is 12.4. The van der Waals surface area contributed by atoms with Crippen LogP contribution < -0.4 is 16.0 Å². The van der Waals surface area contributed by atoms with Gasteiger partial charge >= 0.3 is 5.63 Å². The van der Waals surface area contributed by atoms with Gasteiger partial charge in [0.2, 0.25) is 5.91 Å². The first kappa shape index (κ1) is 18.7. The first-order chi connectivity index (χ1) is 12.7. The van der Waals surface area contributed by atoms with Crippen molar-refractivity contribution in [1.82, 2.24) is 5.32 Å². The molecule has 3 aromatic rings. The number of fused-ring (bicyclic) bond motifs is 2. The van der Waals surface area contributed by atoms with Crippen molar-refractivity contribution in [2.24, 2.45) is 0 Å². The molecule has 0 saturated carbocycles. The molecule has 0 saturated heterocycles. The van der Waals surface area contributed by atoms with Crippen molar-refractivity contribution in [2.75, 3.05) is 0 Å². The van der Waals surface area contributed by atoms with E-state index in [1.807, 2.05) is 19.9 Å². The minimum absolute atomic E-state index is 0.191. The average molecular weight is 370 g/mol. The molecular formula is C20H20NO6-. The minimum atomic E-state index is -1.36. The Balaban J connectivity index is 2.04. The first-order valence-electron chi connectivity index (χ1n) is 8.69. The zero-order valence-corrected chi connectivity index (χ0v) is 15.6. The maximum Gasteiger partial charge on any atom is 0.340 e. The highest BCUT2D eigenvalue weighted by Crippen LogP contribution is 2.30. The van der Waals surface area contributed by atoms with Gasteiger partial charge in [0.1, 0.15) is 16.9 Å². The van der Waals surface area contributed by atoms with Crippen molar-refractivity contribution in [1.29, 1.82) is 0 Å². The lowest BCUT2D eigenvalue weighted by Crippen LogP contribution is -2.48. The van der Waals surface area contributed by atoms with Crippen LogP contribution in [-0.2, 0) is 16.0 Å². The molecule has 0 aliphatic heterocycles. The van der Waals surface area contributed by atoms with Crippen LogP contribution in [-0.4, -0.2) is 17.9 Å². The van der Waals surface area contributed by atoms with E-state index < -0.39 is 23.5 Å². The minimum Gasteiger partial charge on any atom is -0.548 e. The highest BCUT2D eigenvalue weighted by Gasteiger charge is 2.19. The Morgan fingerprint density at radius 2 is 1.70 bits per heavy atom. The molecule has 0 aliphatic rings. The van der Waals surface area contributed by atoms with Crippen molar-refractivity contribution in [3.05, 3.63) is 45.0 Å². The number of carboxylic acid groups (broad SMARTS) is 1. The summed E-state index contributed by atoms with van der Waals surface area (Å²) in [5.41, 5.74) is 2.20. The molecular weight excluding hydrogens is 350 g/mol. The molecule has 27 heavy (non-hydrogen) atoms. The van der Waals surface area contributed by atoms with E-state index in [1.165, 1.54) is 0 Å². The third kappa shape index (κ3) is 3.32. The van der Waals surface area contributed by atoms with Crippen LogP contribution in [0.15, 0.2) is 25.8 Å². The normalized spacial score (nSPS) is 12.4. The van der Waals surface area contributed by atoms with Crippen LogP contribution in [0.3, 0.4) is 0 Å². The molecule has 142 valence electrons. The van der Waals surface area contributed by atoms with Gasteiger partial charge in [0.05, 0.1) is 24.0 Å². The number of rotatable bonds is 5. The molecule has 0 bridgehead atoms. The molecule has 0 spiro atoms. The van der Waals surface area contributed by atoms with Crippen LogP contribution >= 0.6 is 0 Å². The SMILES string of the molecule is CC[C@@H](NC(=O)Cc1c(C)c2cc3c(C)c(C)oc3cc2oc1=O)C(=O)[O-]. The molecule has 1 amide bonds. The van der Waals surface area contributed by atoms with E-state index in [2.05, 4.69) is 5.32 Å². The fourth-order valence-electron chi connectivity index (χ4n) is 3.16. The number of aliphatic carboxylic acids is 1. The molecule has 1 aromatic carbocycles. The quantitative estimate of drug-likeness (QED) is 0.684. The Hall–Kier alpha value is -3.09. The van der Waals surface area contributed by atoms with Gasteiger partial charge in [0.15, 0.2) is 0 Å². The van der Waals surface area contributed by atoms with Gasteiger partial charge < -0.3 is 24.1 Å². The molecule has 3 rings (SSSR count). The Bertz CT molecular complexity index is 1120. The molecule has 0 radical (unpaired) electrons. The lowest BCUT2D eigenvalue weighted by molar-refractivity contribution is -0.308. The second-order valence-corrected chi connectivity index (χ2v) is 6.65. The van der Waals surface area contributed by atoms with Gasteiger partial charge in [-0.05, 0) is 44.4 Å². The molecule has 0 unspecified atom stereocenters. The van der Waals surface area contributed by atoms with Gasteiger partial charge in [-0.25, -0.2) is 4.79 Å². The van der Waals surface area contributed by atoms with Crippen LogP contribution in [0, 0.1) is 20.8 Å². The van der Waals surface area contributed by atoms with E-state index in [0.717, 1.165) is 16.7 Å². The number of nitrogens with one attached hydrogen (secondary N) is 1. The van der Waals surface area contributed by atoms with E-state index in [0.29, 0.717) is 22.1 Å². The summed E-state index contributed by atoms with van der Waals surface area (Å²) in [6, 6.07) is 2.46. The van der Waals surface area contributed by atoms with Gasteiger partial charge in [-0.1, -0.05) is 6.92 Å². The second kappa shape index (κ2) is 6.90. The third-order valence-corrected chi connectivity index (χ3v) is 4.95. The number of benzene rings is 1. The summed E-state index contributed by atoms with van der Waals surface area (Å²) in [5.74, 6) is -1.15. The Kier molecular flexibility index (Phi) is 4.78. The summed E-state index contributed by atoms with van der Waals surface area (Å²) in [6.45, 7) is 7.17. The molecule has 1 N–H and O–H groups in total. The summed E-state index contributed by atoms with van der Waals surface area (Å²) in [6.07, 6.45) is -0.0776. The Morgan fingerprint density at radius 1 is 1.07 bits per heavy atom. The van der Waals surface area contributed by atoms with E-state index in [1.54, 1.807) is 19.9 Å². The zero-order chi connectivity index (χ0) is 19.9. The summed E-state index contributed by atoms with van der Waals surface area (Å²) >= 11 is 0. The van der Waals surface area contributed by atoms with Crippen molar-refractivity contribution < 1.29 is 23.5 Å². The number of amides is 1. The van der Waals surface area contributed by atoms with Crippen molar-refractivity contribution >= 4 is 33.8 Å². The number of carbonyl (C=O) groups is 2. The summed E-state index contributed by atoms with van der Waals surface area (Å²) < 4.78 is 11.1. The van der Waals surface area contributed by atoms with Gasteiger partial charge in [-0.15, -0.1) is 0 Å². The maximum atomic E-state index is 12.4. The predicted molar refractivity (Wildman–Crippen MR) is 97.4 cm³/mol. The molecule has 0 fully saturated rings. The monoisotopic (exact) mass is 370 g/mol. The van der Waals surface area contributed by atoms with E-state index >= 15 is 0 Å². The molecule has 0 aliphatic carbocycles. The highest BCUT2D eigenvalue weighted by molar-refractivity contribution is 5.97. The number of hydrogen-bond donors (Lipinski definition) is 1. The summed E-state index contributed by atoms with van der Waals surface area (Å²) in [4.78, 5) is 35.6. The van der Waals surface area contributed by atoms with E-state index in [4.69, 9.17) is 8.83 Å². The van der Waals surface area contributed by atoms with Crippen LogP contribution in [0.25, 0.3) is 21.9 Å². The smallest absolute Gasteiger partial charge is 0.340 e. The molecule has 7 heteroatoms. The summed E-state index contributed by atoms with van der Waals surface area (Å²) in [5, 5.41) is 15.0. The highest BCUT2D eigenvalue weighted by atomic mass is 16.4. The van der Waals surface area contributed by atoms with Gasteiger partial charge in [0.25, 0.3) is 0 Å². The fourth-order valence-corrected chi connectivity index (χ4v) is 3.16. The number of furan rings is 1. The standard InChI is InChI=1S/C20H21NO6/c1-5-15(19(23)24)21-18(22)7-14-10(3)13-6-12-9(2)11(4)26-16(12)8-17(13)27-20(14)25/h6,8,15H,5,7H2,1-4H3,(H,21,22)(H,23,24)/p-1/t15-/m1/s1. The molecule has 1 atom stereocenters. The summed E-state index contributed by atoms with van der Waals surface area (Å²) in [7, 11) is 0. The number of carboxylic acids is 1. The Labute approximate surface area is 155 Å². The number of carbonyl (C=O) groups excluding carboxylic acids is 2. The van der Waals surface area contributed by atoms with Gasteiger partial charge in [-0.3, -0.25) is 4.79 Å². The van der Waals surface area contributed by atoms with Gasteiger partial charge in [-0.2, -0.15) is 0 Å². The fraction of sp³-hybridized carbons (Fsp3) is 0.350. The lowest BCUT2D eigenvalue weighted by atomic mass is 10.0. The molecule has 7 nitrogen and oxygen atoms in total. The largest absolute Gasteiger partial charge is 0.548 e. The van der Waals surface area contributed by atoms with Crippen LogP contribution in [0.4, 0.5) is 0 Å². The molecule has 2 aromatic heterocycles. The zero-order valence-electron chi connectivity index (χ0n) is 15.6. The van der Waals surface area contributed by atoms with Crippen molar-refractivity contribution in [3.8, 4) is 0 Å². The average Bonchev–Trinajstić information content (AvgIpc) is 2.88. The Morgan fingerprint density at radius 3 is 2.33 bits per heavy atom. The lowest BCUT2D eigenvalue weighted by Gasteiger charge is -2.18.